The number of hydrogen-bond donors (Lipinski definition) is 2. The molecule has 0 bridgehead atoms. The standard InChI is InChI=1S/C31H38N6O5/c1-3-4-7-24(17-32)27(42-20-22-10-11-33-28(39)15-22)14-21(2)34-31(41)37-13-5-8-23-16-25(26(19-38)35-30(23)37)18-36-12-6-9-29(36)40/h4,7,14,16,19,22H,3,5-6,8-13,15,18,20H2,1-2H3,(H,33,39)(H,34,41)/b7-4+,21-14+,27-24-. The summed E-state index contributed by atoms with van der Waals surface area (Å²) in [6.07, 6.45) is 10.5. The predicted octanol–water partition coefficient (Wildman–Crippen LogP) is 3.67. The fourth-order valence-electron chi connectivity index (χ4n) is 5.34. The van der Waals surface area contributed by atoms with E-state index in [0.29, 0.717) is 80.1 Å². The summed E-state index contributed by atoms with van der Waals surface area (Å²) in [6, 6.07) is 3.64. The van der Waals surface area contributed by atoms with E-state index in [2.05, 4.69) is 21.7 Å². The minimum atomic E-state index is -0.414. The van der Waals surface area contributed by atoms with E-state index in [9.17, 15) is 24.4 Å². The van der Waals surface area contributed by atoms with Gasteiger partial charge in [0, 0.05) is 62.3 Å². The van der Waals surface area contributed by atoms with E-state index in [-0.39, 0.29) is 30.0 Å². The molecule has 42 heavy (non-hydrogen) atoms. The highest BCUT2D eigenvalue weighted by Crippen LogP contribution is 2.29. The summed E-state index contributed by atoms with van der Waals surface area (Å²) in [6.45, 7) is 5.94. The number of carbonyl (C=O) groups excluding carboxylic acids is 4. The zero-order valence-corrected chi connectivity index (χ0v) is 24.3. The molecule has 1 unspecified atom stereocenters. The number of nitrogens with zero attached hydrogens (tertiary/aromatic N) is 4. The molecule has 0 saturated carbocycles. The van der Waals surface area contributed by atoms with Gasteiger partial charge in [0.1, 0.15) is 23.3 Å². The maximum atomic E-state index is 13.4. The summed E-state index contributed by atoms with van der Waals surface area (Å²) in [5.41, 5.74) is 2.53. The first kappa shape index (κ1) is 30.5. The van der Waals surface area contributed by atoms with E-state index in [1.165, 1.54) is 4.90 Å². The second kappa shape index (κ2) is 14.4. The number of aromatic nitrogens is 1. The van der Waals surface area contributed by atoms with Crippen LogP contribution in [0.2, 0.25) is 0 Å². The fourth-order valence-corrected chi connectivity index (χ4v) is 5.34. The summed E-state index contributed by atoms with van der Waals surface area (Å²) in [5.74, 6) is 0.821. The number of hydrogen-bond acceptors (Lipinski definition) is 7. The van der Waals surface area contributed by atoms with Crippen molar-refractivity contribution in [2.24, 2.45) is 5.92 Å². The molecule has 0 radical (unpaired) electrons. The van der Waals surface area contributed by atoms with E-state index < -0.39 is 6.03 Å². The van der Waals surface area contributed by atoms with Gasteiger partial charge >= 0.3 is 6.03 Å². The number of likely N-dealkylation sites (tertiary alicyclic amines) is 1. The van der Waals surface area contributed by atoms with Crippen LogP contribution in [0, 0.1) is 17.2 Å². The molecule has 0 aliphatic carbocycles. The van der Waals surface area contributed by atoms with Crippen LogP contribution in [0.1, 0.15) is 74.0 Å². The molecule has 2 fully saturated rings. The van der Waals surface area contributed by atoms with Crippen LogP contribution in [0.25, 0.3) is 0 Å². The minimum absolute atomic E-state index is 0.0180. The third-order valence-corrected chi connectivity index (χ3v) is 7.55. The lowest BCUT2D eigenvalue weighted by atomic mass is 9.99. The largest absolute Gasteiger partial charge is 0.492 e. The molecule has 11 heteroatoms. The third-order valence-electron chi connectivity index (χ3n) is 7.55. The number of nitrogens with one attached hydrogen (secondary N) is 2. The lowest BCUT2D eigenvalue weighted by Crippen LogP contribution is -2.43. The Labute approximate surface area is 246 Å². The molecule has 4 heterocycles. The Bertz CT molecular complexity index is 1360. The third kappa shape index (κ3) is 7.63. The molecular weight excluding hydrogens is 536 g/mol. The van der Waals surface area contributed by atoms with E-state index in [1.807, 2.05) is 19.1 Å². The van der Waals surface area contributed by atoms with Gasteiger partial charge in [-0.1, -0.05) is 13.0 Å². The Balaban J connectivity index is 1.52. The Hall–Kier alpha value is -4.46. The number of nitriles is 1. The van der Waals surface area contributed by atoms with Crippen LogP contribution in [-0.4, -0.2) is 60.3 Å². The van der Waals surface area contributed by atoms with Gasteiger partial charge in [0.05, 0.1) is 12.2 Å². The molecule has 2 saturated heterocycles. The average Bonchev–Trinajstić information content (AvgIpc) is 3.39. The number of urea groups is 1. The van der Waals surface area contributed by atoms with E-state index in [4.69, 9.17) is 4.74 Å². The molecule has 3 aliphatic rings. The van der Waals surface area contributed by atoms with E-state index in [0.717, 1.165) is 31.2 Å². The van der Waals surface area contributed by atoms with Crippen molar-refractivity contribution in [2.45, 2.75) is 65.3 Å². The number of rotatable bonds is 10. The molecule has 222 valence electrons. The lowest BCUT2D eigenvalue weighted by molar-refractivity contribution is -0.128. The average molecular weight is 575 g/mol. The van der Waals surface area contributed by atoms with Crippen molar-refractivity contribution in [3.05, 3.63) is 58.1 Å². The molecule has 1 aromatic rings. The first-order valence-corrected chi connectivity index (χ1v) is 14.6. The first-order chi connectivity index (χ1) is 20.3. The van der Waals surface area contributed by atoms with Crippen molar-refractivity contribution in [3.63, 3.8) is 0 Å². The van der Waals surface area contributed by atoms with Gasteiger partial charge in [-0.3, -0.25) is 19.3 Å². The number of aryl methyl sites for hydroxylation is 1. The molecular formula is C31H38N6O5. The van der Waals surface area contributed by atoms with Gasteiger partial charge in [-0.2, -0.15) is 5.26 Å². The van der Waals surface area contributed by atoms with Crippen LogP contribution < -0.4 is 15.5 Å². The van der Waals surface area contributed by atoms with Crippen molar-refractivity contribution in [1.82, 2.24) is 20.5 Å². The van der Waals surface area contributed by atoms with Gasteiger partial charge in [0.2, 0.25) is 11.8 Å². The molecule has 1 aromatic heterocycles. The minimum Gasteiger partial charge on any atom is -0.492 e. The molecule has 2 N–H and O–H groups in total. The summed E-state index contributed by atoms with van der Waals surface area (Å²) in [5, 5.41) is 15.5. The highest BCUT2D eigenvalue weighted by molar-refractivity contribution is 5.94. The predicted molar refractivity (Wildman–Crippen MR) is 156 cm³/mol. The number of amides is 4. The van der Waals surface area contributed by atoms with Crippen LogP contribution in [0.3, 0.4) is 0 Å². The van der Waals surface area contributed by atoms with E-state index in [1.54, 1.807) is 24.0 Å². The fraction of sp³-hybridized carbons (Fsp3) is 0.484. The van der Waals surface area contributed by atoms with Gasteiger partial charge < -0.3 is 20.3 Å². The molecule has 3 aliphatic heterocycles. The highest BCUT2D eigenvalue weighted by atomic mass is 16.5. The number of fused-ring (bicyclic) bond motifs is 1. The Morgan fingerprint density at radius 2 is 2.10 bits per heavy atom. The van der Waals surface area contributed by atoms with Crippen LogP contribution in [-0.2, 0) is 27.3 Å². The smallest absolute Gasteiger partial charge is 0.327 e. The number of carbonyl (C=O) groups is 4. The van der Waals surface area contributed by atoms with Crippen LogP contribution in [0.15, 0.2) is 41.3 Å². The number of pyridine rings is 1. The topological polar surface area (TPSA) is 145 Å². The molecule has 0 spiro atoms. The quantitative estimate of drug-likeness (QED) is 0.188. The molecule has 4 rings (SSSR count). The number of ether oxygens (including phenoxy) is 1. The summed E-state index contributed by atoms with van der Waals surface area (Å²) < 4.78 is 6.04. The van der Waals surface area contributed by atoms with E-state index >= 15 is 0 Å². The van der Waals surface area contributed by atoms with Crippen molar-refractivity contribution in [3.8, 4) is 6.07 Å². The maximum absolute atomic E-state index is 13.4. The highest BCUT2D eigenvalue weighted by Gasteiger charge is 2.28. The van der Waals surface area contributed by atoms with Gasteiger partial charge in [-0.15, -0.1) is 0 Å². The Kier molecular flexibility index (Phi) is 10.5. The van der Waals surface area contributed by atoms with Crippen molar-refractivity contribution in [1.29, 1.82) is 5.26 Å². The molecule has 11 nitrogen and oxygen atoms in total. The zero-order valence-electron chi connectivity index (χ0n) is 24.3. The van der Waals surface area contributed by atoms with Gasteiger partial charge in [0.15, 0.2) is 6.29 Å². The van der Waals surface area contributed by atoms with Crippen molar-refractivity contribution in [2.75, 3.05) is 31.1 Å². The van der Waals surface area contributed by atoms with Crippen LogP contribution >= 0.6 is 0 Å². The Morgan fingerprint density at radius 1 is 1.29 bits per heavy atom. The molecule has 4 amide bonds. The lowest BCUT2D eigenvalue weighted by Gasteiger charge is -2.30. The second-order valence-electron chi connectivity index (χ2n) is 10.8. The number of aldehydes is 1. The molecule has 1 atom stereocenters. The van der Waals surface area contributed by atoms with Crippen LogP contribution in [0.5, 0.6) is 0 Å². The van der Waals surface area contributed by atoms with Crippen molar-refractivity contribution < 1.29 is 23.9 Å². The monoisotopic (exact) mass is 574 g/mol. The van der Waals surface area contributed by atoms with Gasteiger partial charge in [-0.25, -0.2) is 9.78 Å². The van der Waals surface area contributed by atoms with Gasteiger partial charge in [-0.05, 0) is 56.7 Å². The first-order valence-electron chi connectivity index (χ1n) is 14.6. The van der Waals surface area contributed by atoms with Crippen LogP contribution in [0.4, 0.5) is 10.6 Å². The normalized spacial score (nSPS) is 19.6. The molecule has 0 aromatic carbocycles. The number of allylic oxidation sites excluding steroid dienone is 5. The van der Waals surface area contributed by atoms with Gasteiger partial charge in [0.25, 0.3) is 0 Å². The zero-order chi connectivity index (χ0) is 30.1. The Morgan fingerprint density at radius 3 is 2.79 bits per heavy atom. The SMILES string of the molecule is CC/C=C/C(C#N)=C(\C=C(/C)NC(=O)N1CCCc2cc(CN3CCCC3=O)c(C=O)nc21)OCC1CCNC(=O)C1. The summed E-state index contributed by atoms with van der Waals surface area (Å²) in [7, 11) is 0. The number of piperidine rings is 1. The summed E-state index contributed by atoms with van der Waals surface area (Å²) >= 11 is 0. The maximum Gasteiger partial charge on any atom is 0.327 e. The second-order valence-corrected chi connectivity index (χ2v) is 10.8. The number of anilines is 1. The van der Waals surface area contributed by atoms with Crippen molar-refractivity contribution >= 4 is 29.9 Å². The summed E-state index contributed by atoms with van der Waals surface area (Å²) in [4.78, 5) is 57.1.